The summed E-state index contributed by atoms with van der Waals surface area (Å²) in [6.45, 7) is 0.144. The summed E-state index contributed by atoms with van der Waals surface area (Å²) >= 11 is 0. The minimum Gasteiger partial charge on any atom is -0.396 e. The quantitative estimate of drug-likeness (QED) is 0.556. The first kappa shape index (κ1) is 9.32. The minimum atomic E-state index is -0.486. The second-order valence-electron chi connectivity index (χ2n) is 3.34. The highest BCUT2D eigenvalue weighted by molar-refractivity contribution is 5.72. The molecule has 1 aliphatic carbocycles. The van der Waals surface area contributed by atoms with Gasteiger partial charge in [-0.1, -0.05) is 12.8 Å². The zero-order chi connectivity index (χ0) is 8.97. The molecule has 0 heterocycles. The molecule has 0 bridgehead atoms. The third-order valence-corrected chi connectivity index (χ3v) is 2.47. The maximum absolute atomic E-state index is 10.6. The molecule has 12 heavy (non-hydrogen) atoms. The van der Waals surface area contributed by atoms with Crippen LogP contribution in [0.25, 0.3) is 0 Å². The molecule has 0 aromatic carbocycles. The topological polar surface area (TPSA) is 75.4 Å². The van der Waals surface area contributed by atoms with E-state index in [2.05, 4.69) is 5.32 Å². The number of amides is 2. The van der Waals surface area contributed by atoms with Gasteiger partial charge in [0.1, 0.15) is 0 Å². The van der Waals surface area contributed by atoms with Gasteiger partial charge in [0, 0.05) is 18.6 Å². The molecule has 4 heteroatoms. The monoisotopic (exact) mass is 172 g/mol. The van der Waals surface area contributed by atoms with E-state index < -0.39 is 6.03 Å². The van der Waals surface area contributed by atoms with Crippen molar-refractivity contribution in [1.29, 1.82) is 0 Å². The summed E-state index contributed by atoms with van der Waals surface area (Å²) in [5, 5.41) is 11.6. The molecule has 0 aliphatic heterocycles. The van der Waals surface area contributed by atoms with Gasteiger partial charge in [-0.25, -0.2) is 4.79 Å². The molecule has 0 aromatic heterocycles. The molecule has 1 saturated carbocycles. The van der Waals surface area contributed by atoms with Gasteiger partial charge < -0.3 is 16.2 Å². The summed E-state index contributed by atoms with van der Waals surface area (Å²) in [7, 11) is 0. The molecule has 0 saturated heterocycles. The lowest BCUT2D eigenvalue weighted by Crippen LogP contribution is -2.45. The minimum absolute atomic E-state index is 0.0845. The summed E-state index contributed by atoms with van der Waals surface area (Å²) < 4.78 is 0. The van der Waals surface area contributed by atoms with Crippen LogP contribution >= 0.6 is 0 Å². The fourth-order valence-corrected chi connectivity index (χ4v) is 1.80. The van der Waals surface area contributed by atoms with E-state index in [-0.39, 0.29) is 18.6 Å². The van der Waals surface area contributed by atoms with Crippen molar-refractivity contribution >= 4 is 6.03 Å². The van der Waals surface area contributed by atoms with E-state index >= 15 is 0 Å². The van der Waals surface area contributed by atoms with Crippen molar-refractivity contribution in [1.82, 2.24) is 5.32 Å². The summed E-state index contributed by atoms with van der Waals surface area (Å²) in [5.41, 5.74) is 5.01. The lowest BCUT2D eigenvalue weighted by molar-refractivity contribution is 0.155. The molecule has 0 radical (unpaired) electrons. The van der Waals surface area contributed by atoms with E-state index in [0.29, 0.717) is 0 Å². The average Bonchev–Trinajstić information content (AvgIpc) is 2.04. The van der Waals surface area contributed by atoms with Crippen LogP contribution in [0.2, 0.25) is 0 Å². The van der Waals surface area contributed by atoms with Gasteiger partial charge in [0.05, 0.1) is 0 Å². The molecule has 1 rings (SSSR count). The molecule has 1 aliphatic rings. The lowest BCUT2D eigenvalue weighted by Gasteiger charge is -2.30. The van der Waals surface area contributed by atoms with Gasteiger partial charge in [0.25, 0.3) is 0 Å². The van der Waals surface area contributed by atoms with Crippen molar-refractivity contribution in [2.24, 2.45) is 11.7 Å². The predicted octanol–water partition coefficient (Wildman–Crippen LogP) is 0.206. The number of nitrogens with one attached hydrogen (secondary N) is 1. The summed E-state index contributed by atoms with van der Waals surface area (Å²) in [4.78, 5) is 10.6. The first-order chi connectivity index (χ1) is 5.74. The number of hydrogen-bond acceptors (Lipinski definition) is 2. The van der Waals surface area contributed by atoms with Gasteiger partial charge in [0.2, 0.25) is 0 Å². The number of aliphatic hydroxyl groups excluding tert-OH is 1. The van der Waals surface area contributed by atoms with Crippen LogP contribution in [0, 0.1) is 5.92 Å². The van der Waals surface area contributed by atoms with Gasteiger partial charge in [-0.3, -0.25) is 0 Å². The third kappa shape index (κ3) is 2.37. The Bertz CT molecular complexity index is 161. The van der Waals surface area contributed by atoms with Crippen LogP contribution in [-0.4, -0.2) is 23.8 Å². The van der Waals surface area contributed by atoms with E-state index in [9.17, 15) is 4.79 Å². The van der Waals surface area contributed by atoms with Gasteiger partial charge in [-0.2, -0.15) is 0 Å². The van der Waals surface area contributed by atoms with Gasteiger partial charge in [-0.15, -0.1) is 0 Å². The molecule has 1 fully saturated rings. The Hall–Kier alpha value is -0.770. The normalized spacial score (nSPS) is 29.8. The van der Waals surface area contributed by atoms with E-state index in [1.165, 1.54) is 0 Å². The Kier molecular flexibility index (Phi) is 3.34. The molecular formula is C8H16N2O2. The summed E-state index contributed by atoms with van der Waals surface area (Å²) in [6.07, 6.45) is 4.18. The van der Waals surface area contributed by atoms with Crippen LogP contribution in [0.4, 0.5) is 4.79 Å². The average molecular weight is 172 g/mol. The molecule has 2 unspecified atom stereocenters. The number of carbonyl (C=O) groups excluding carboxylic acids is 1. The summed E-state index contributed by atoms with van der Waals surface area (Å²) in [5.74, 6) is 0.200. The molecule has 0 aromatic rings. The van der Waals surface area contributed by atoms with Gasteiger partial charge >= 0.3 is 6.03 Å². The number of carbonyl (C=O) groups is 1. The van der Waals surface area contributed by atoms with Crippen LogP contribution in [0.15, 0.2) is 0 Å². The number of aliphatic hydroxyl groups is 1. The second-order valence-corrected chi connectivity index (χ2v) is 3.34. The van der Waals surface area contributed by atoms with Gasteiger partial charge in [0.15, 0.2) is 0 Å². The number of primary amides is 1. The smallest absolute Gasteiger partial charge is 0.312 e. The Morgan fingerprint density at radius 3 is 2.75 bits per heavy atom. The van der Waals surface area contributed by atoms with Crippen molar-refractivity contribution in [2.45, 2.75) is 31.7 Å². The van der Waals surface area contributed by atoms with Gasteiger partial charge in [-0.05, 0) is 12.8 Å². The van der Waals surface area contributed by atoms with Crippen LogP contribution in [0.3, 0.4) is 0 Å². The molecule has 2 amide bonds. The molecule has 4 nitrogen and oxygen atoms in total. The number of urea groups is 1. The molecule has 2 atom stereocenters. The maximum atomic E-state index is 10.6. The first-order valence-electron chi connectivity index (χ1n) is 4.41. The van der Waals surface area contributed by atoms with Crippen molar-refractivity contribution in [3.63, 3.8) is 0 Å². The predicted molar refractivity (Wildman–Crippen MR) is 45.6 cm³/mol. The SMILES string of the molecule is NC(=O)NC1CCCCC1CO. The highest BCUT2D eigenvalue weighted by Gasteiger charge is 2.24. The van der Waals surface area contributed by atoms with Crippen LogP contribution in [0.5, 0.6) is 0 Å². The summed E-state index contributed by atoms with van der Waals surface area (Å²) in [6, 6.07) is -0.401. The zero-order valence-electron chi connectivity index (χ0n) is 7.12. The first-order valence-corrected chi connectivity index (χ1v) is 4.41. The molecule has 4 N–H and O–H groups in total. The van der Waals surface area contributed by atoms with E-state index in [1.54, 1.807) is 0 Å². The Morgan fingerprint density at radius 1 is 1.50 bits per heavy atom. The van der Waals surface area contributed by atoms with Crippen LogP contribution in [0.1, 0.15) is 25.7 Å². The number of hydrogen-bond donors (Lipinski definition) is 3. The lowest BCUT2D eigenvalue weighted by atomic mass is 9.85. The van der Waals surface area contributed by atoms with Crippen molar-refractivity contribution in [3.05, 3.63) is 0 Å². The molecule has 0 spiro atoms. The maximum Gasteiger partial charge on any atom is 0.312 e. The highest BCUT2D eigenvalue weighted by atomic mass is 16.3. The van der Waals surface area contributed by atoms with E-state index in [4.69, 9.17) is 10.8 Å². The second kappa shape index (κ2) is 4.30. The van der Waals surface area contributed by atoms with Crippen LogP contribution < -0.4 is 11.1 Å². The van der Waals surface area contributed by atoms with E-state index in [1.807, 2.05) is 0 Å². The zero-order valence-corrected chi connectivity index (χ0v) is 7.12. The Labute approximate surface area is 72.1 Å². The number of rotatable bonds is 2. The van der Waals surface area contributed by atoms with Crippen molar-refractivity contribution < 1.29 is 9.90 Å². The third-order valence-electron chi connectivity index (χ3n) is 2.47. The standard InChI is InChI=1S/C8H16N2O2/c9-8(12)10-7-4-2-1-3-6(7)5-11/h6-7,11H,1-5H2,(H3,9,10,12). The van der Waals surface area contributed by atoms with Crippen molar-refractivity contribution in [3.8, 4) is 0 Å². The fourth-order valence-electron chi connectivity index (χ4n) is 1.80. The van der Waals surface area contributed by atoms with Crippen LogP contribution in [-0.2, 0) is 0 Å². The van der Waals surface area contributed by atoms with E-state index in [0.717, 1.165) is 25.7 Å². The molecular weight excluding hydrogens is 156 g/mol. The van der Waals surface area contributed by atoms with Crippen molar-refractivity contribution in [2.75, 3.05) is 6.61 Å². The molecule has 70 valence electrons. The number of nitrogens with two attached hydrogens (primary N) is 1. The Morgan fingerprint density at radius 2 is 2.17 bits per heavy atom. The largest absolute Gasteiger partial charge is 0.396 e. The Balaban J connectivity index is 2.41. The fraction of sp³-hybridized carbons (Fsp3) is 0.875. The highest BCUT2D eigenvalue weighted by Crippen LogP contribution is 2.23.